The first-order valence-electron chi connectivity index (χ1n) is 10.8. The average Bonchev–Trinajstić information content (AvgIpc) is 2.76. The van der Waals surface area contributed by atoms with Crippen molar-refractivity contribution in [3.63, 3.8) is 0 Å². The van der Waals surface area contributed by atoms with Gasteiger partial charge in [-0.05, 0) is 48.7 Å². The molecule has 0 aromatic carbocycles. The van der Waals surface area contributed by atoms with E-state index in [2.05, 4.69) is 9.88 Å². The molecule has 9 heteroatoms. The minimum absolute atomic E-state index is 0.00925. The molecular weight excluding hydrogens is 418 g/mol. The Labute approximate surface area is 187 Å². The van der Waals surface area contributed by atoms with Gasteiger partial charge >= 0.3 is 5.97 Å². The fourth-order valence-corrected chi connectivity index (χ4v) is 4.38. The third kappa shape index (κ3) is 9.71. The maximum atomic E-state index is 12.3. The van der Waals surface area contributed by atoms with E-state index in [1.807, 2.05) is 12.1 Å². The number of allylic oxidation sites excluding steroid dienone is 1. The number of hydrogen-bond donors (Lipinski definition) is 1. The molecule has 1 saturated heterocycles. The molecule has 1 aromatic rings. The highest BCUT2D eigenvalue weighted by atomic mass is 32.2. The number of nitrogens with zero attached hydrogens (tertiary/aromatic N) is 2. The van der Waals surface area contributed by atoms with Crippen LogP contribution in [0.3, 0.4) is 0 Å². The number of aromatic nitrogens is 1. The van der Waals surface area contributed by atoms with Gasteiger partial charge in [0.2, 0.25) is 5.88 Å². The van der Waals surface area contributed by atoms with E-state index >= 15 is 0 Å². The quantitative estimate of drug-likeness (QED) is 0.277. The molecule has 0 spiro atoms. The molecular formula is C22H33N3O5S. The maximum Gasteiger partial charge on any atom is 0.305 e. The molecule has 2 heterocycles. The minimum atomic E-state index is -1.52. The zero-order chi connectivity index (χ0) is 22.5. The first kappa shape index (κ1) is 25.2. The SMILES string of the molecule is CCC(=O)OCC[S+]([O-])C(CC=CCOc1cc(CN2CCCCC2)ccn1)C(N)=O. The summed E-state index contributed by atoms with van der Waals surface area (Å²) in [6.07, 6.45) is 9.52. The van der Waals surface area contributed by atoms with Gasteiger partial charge in [0.25, 0.3) is 5.91 Å². The predicted octanol–water partition coefficient (Wildman–Crippen LogP) is 1.95. The Morgan fingerprint density at radius 3 is 2.81 bits per heavy atom. The normalized spacial score (nSPS) is 16.7. The van der Waals surface area contributed by atoms with E-state index in [1.165, 1.54) is 24.8 Å². The second-order valence-electron chi connectivity index (χ2n) is 7.41. The molecule has 8 nitrogen and oxygen atoms in total. The van der Waals surface area contributed by atoms with Crippen LogP contribution in [0.4, 0.5) is 0 Å². The van der Waals surface area contributed by atoms with E-state index < -0.39 is 22.3 Å². The number of ether oxygens (including phenoxy) is 2. The molecule has 0 bridgehead atoms. The lowest BCUT2D eigenvalue weighted by Gasteiger charge is -2.26. The molecule has 1 fully saturated rings. The molecule has 172 valence electrons. The summed E-state index contributed by atoms with van der Waals surface area (Å²) in [5.41, 5.74) is 6.55. The Morgan fingerprint density at radius 1 is 1.32 bits per heavy atom. The third-order valence-corrected chi connectivity index (χ3v) is 6.60. The van der Waals surface area contributed by atoms with Crippen molar-refractivity contribution in [3.05, 3.63) is 36.0 Å². The summed E-state index contributed by atoms with van der Waals surface area (Å²) in [5.74, 6) is -0.375. The standard InChI is InChI=1S/C22H33N3O5S/c1-2-21(26)30-14-15-31(28)19(22(23)27)8-4-7-13-29-20-16-18(9-10-24-20)17-25-11-5-3-6-12-25/h4,7,9-10,16,19H,2-3,5-6,8,11-15,17H2,1H3,(H2,23,27). The number of carbonyl (C=O) groups is 2. The van der Waals surface area contributed by atoms with Gasteiger partial charge < -0.3 is 19.8 Å². The number of pyridine rings is 1. The smallest absolute Gasteiger partial charge is 0.305 e. The lowest BCUT2D eigenvalue weighted by molar-refractivity contribution is -0.142. The Morgan fingerprint density at radius 2 is 2.10 bits per heavy atom. The Balaban J connectivity index is 1.74. The second kappa shape index (κ2) is 14.1. The van der Waals surface area contributed by atoms with E-state index in [0.29, 0.717) is 5.88 Å². The molecule has 1 amide bonds. The van der Waals surface area contributed by atoms with Crippen LogP contribution < -0.4 is 10.5 Å². The highest BCUT2D eigenvalue weighted by molar-refractivity contribution is 7.92. The predicted molar refractivity (Wildman–Crippen MR) is 120 cm³/mol. The summed E-state index contributed by atoms with van der Waals surface area (Å²) < 4.78 is 22.9. The summed E-state index contributed by atoms with van der Waals surface area (Å²) in [7, 11) is 0. The third-order valence-electron chi connectivity index (χ3n) is 4.97. The molecule has 2 unspecified atom stereocenters. The number of likely N-dealkylation sites (tertiary alicyclic amines) is 1. The van der Waals surface area contributed by atoms with Crippen molar-refractivity contribution in [1.82, 2.24) is 9.88 Å². The summed E-state index contributed by atoms with van der Waals surface area (Å²) >= 11 is -1.52. The van der Waals surface area contributed by atoms with E-state index in [1.54, 1.807) is 25.3 Å². The van der Waals surface area contributed by atoms with Crippen molar-refractivity contribution in [2.45, 2.75) is 50.8 Å². The van der Waals surface area contributed by atoms with Gasteiger partial charge in [0.1, 0.15) is 19.0 Å². The Kier molecular flexibility index (Phi) is 11.4. The molecule has 0 radical (unpaired) electrons. The van der Waals surface area contributed by atoms with E-state index in [-0.39, 0.29) is 37.8 Å². The van der Waals surface area contributed by atoms with Gasteiger partial charge in [-0.3, -0.25) is 14.5 Å². The number of esters is 1. The van der Waals surface area contributed by atoms with Gasteiger partial charge in [0.15, 0.2) is 5.25 Å². The fourth-order valence-electron chi connectivity index (χ4n) is 3.26. The highest BCUT2D eigenvalue weighted by Crippen LogP contribution is 2.16. The molecule has 2 rings (SSSR count). The van der Waals surface area contributed by atoms with E-state index in [4.69, 9.17) is 15.2 Å². The maximum absolute atomic E-state index is 12.3. The largest absolute Gasteiger partial charge is 0.616 e. The summed E-state index contributed by atoms with van der Waals surface area (Å²) in [5, 5.41) is -0.831. The number of carbonyl (C=O) groups excluding carboxylic acids is 2. The fraction of sp³-hybridized carbons (Fsp3) is 0.591. The zero-order valence-corrected chi connectivity index (χ0v) is 19.0. The molecule has 1 aromatic heterocycles. The van der Waals surface area contributed by atoms with Crippen molar-refractivity contribution in [1.29, 1.82) is 0 Å². The van der Waals surface area contributed by atoms with Crippen molar-refractivity contribution < 1.29 is 23.6 Å². The van der Waals surface area contributed by atoms with Crippen LogP contribution in [0.15, 0.2) is 30.5 Å². The number of primary amides is 1. The summed E-state index contributed by atoms with van der Waals surface area (Å²) in [6.45, 7) is 5.13. The van der Waals surface area contributed by atoms with Crippen LogP contribution in [-0.4, -0.2) is 63.6 Å². The molecule has 0 saturated carbocycles. The van der Waals surface area contributed by atoms with Gasteiger partial charge in [-0.15, -0.1) is 0 Å². The molecule has 31 heavy (non-hydrogen) atoms. The molecule has 2 N–H and O–H groups in total. The van der Waals surface area contributed by atoms with Crippen molar-refractivity contribution >= 4 is 23.1 Å². The van der Waals surface area contributed by atoms with Gasteiger partial charge in [-0.2, -0.15) is 0 Å². The molecule has 2 atom stereocenters. The van der Waals surface area contributed by atoms with Crippen LogP contribution in [0.1, 0.15) is 44.6 Å². The topological polar surface area (TPSA) is 118 Å². The lowest BCUT2D eigenvalue weighted by atomic mass is 10.1. The van der Waals surface area contributed by atoms with Crippen LogP contribution in [0.5, 0.6) is 5.88 Å². The van der Waals surface area contributed by atoms with Crippen molar-refractivity contribution in [2.24, 2.45) is 5.73 Å². The molecule has 1 aliphatic rings. The average molecular weight is 452 g/mol. The summed E-state index contributed by atoms with van der Waals surface area (Å²) in [6, 6.07) is 3.95. The van der Waals surface area contributed by atoms with Gasteiger partial charge in [-0.1, -0.05) is 25.5 Å². The Hall–Kier alpha value is -2.10. The summed E-state index contributed by atoms with van der Waals surface area (Å²) in [4.78, 5) is 29.4. The number of amides is 1. The lowest BCUT2D eigenvalue weighted by Crippen LogP contribution is -2.38. The van der Waals surface area contributed by atoms with Crippen LogP contribution in [-0.2, 0) is 32.0 Å². The number of hydrogen-bond acceptors (Lipinski definition) is 7. The molecule has 0 aliphatic carbocycles. The van der Waals surface area contributed by atoms with Crippen molar-refractivity contribution in [3.8, 4) is 5.88 Å². The van der Waals surface area contributed by atoms with Crippen LogP contribution >= 0.6 is 0 Å². The van der Waals surface area contributed by atoms with Gasteiger partial charge in [0, 0.05) is 31.6 Å². The Bertz CT molecular complexity index is 725. The van der Waals surface area contributed by atoms with E-state index in [0.717, 1.165) is 19.6 Å². The second-order valence-corrected chi connectivity index (χ2v) is 9.15. The number of piperidine rings is 1. The van der Waals surface area contributed by atoms with Crippen LogP contribution in [0, 0.1) is 0 Å². The van der Waals surface area contributed by atoms with Crippen molar-refractivity contribution in [2.75, 3.05) is 32.1 Å². The van der Waals surface area contributed by atoms with Gasteiger partial charge in [0.05, 0.1) is 0 Å². The molecule has 1 aliphatic heterocycles. The zero-order valence-electron chi connectivity index (χ0n) is 18.2. The van der Waals surface area contributed by atoms with Crippen LogP contribution in [0.2, 0.25) is 0 Å². The first-order chi connectivity index (χ1) is 15.0. The minimum Gasteiger partial charge on any atom is -0.616 e. The van der Waals surface area contributed by atoms with Gasteiger partial charge in [-0.25, -0.2) is 4.98 Å². The monoisotopic (exact) mass is 451 g/mol. The number of nitrogens with two attached hydrogens (primary N) is 1. The first-order valence-corrected chi connectivity index (χ1v) is 12.1. The van der Waals surface area contributed by atoms with E-state index in [9.17, 15) is 14.1 Å². The highest BCUT2D eigenvalue weighted by Gasteiger charge is 2.27. The number of rotatable bonds is 13. The van der Waals surface area contributed by atoms with Crippen LogP contribution in [0.25, 0.3) is 0 Å².